The zero-order chi connectivity index (χ0) is 14.4. The molecule has 1 atom stereocenters. The fourth-order valence-electron chi connectivity index (χ4n) is 2.02. The molecule has 0 fully saturated rings. The van der Waals surface area contributed by atoms with E-state index in [1.54, 1.807) is 12.1 Å². The maximum atomic E-state index is 12.1. The van der Waals surface area contributed by atoms with Crippen LogP contribution in [0.5, 0.6) is 5.75 Å². The molecule has 2 rings (SSSR count). The zero-order valence-electron chi connectivity index (χ0n) is 12.0. The SMILES string of the molecule is CCC(C)Cc1ccccc1OC(=O)c1ccccc1. The number of benzene rings is 2. The second-order valence-corrected chi connectivity index (χ2v) is 5.08. The molecule has 0 aliphatic carbocycles. The minimum absolute atomic E-state index is 0.304. The quantitative estimate of drug-likeness (QED) is 0.589. The van der Waals surface area contributed by atoms with Crippen molar-refractivity contribution in [3.63, 3.8) is 0 Å². The van der Waals surface area contributed by atoms with Gasteiger partial charge in [0.2, 0.25) is 0 Å². The Morgan fingerprint density at radius 2 is 1.70 bits per heavy atom. The number of hydrogen-bond acceptors (Lipinski definition) is 2. The summed E-state index contributed by atoms with van der Waals surface area (Å²) >= 11 is 0. The molecular formula is C18H20O2. The van der Waals surface area contributed by atoms with Crippen LogP contribution in [0.2, 0.25) is 0 Å². The molecule has 0 spiro atoms. The number of rotatable bonds is 5. The predicted octanol–water partition coefficient (Wildman–Crippen LogP) is 4.49. The van der Waals surface area contributed by atoms with Gasteiger partial charge in [-0.25, -0.2) is 4.79 Å². The average molecular weight is 268 g/mol. The Bertz CT molecular complexity index is 561. The van der Waals surface area contributed by atoms with Crippen molar-refractivity contribution in [3.8, 4) is 5.75 Å². The van der Waals surface area contributed by atoms with Gasteiger partial charge in [0.25, 0.3) is 0 Å². The maximum absolute atomic E-state index is 12.1. The van der Waals surface area contributed by atoms with E-state index in [4.69, 9.17) is 4.74 Å². The summed E-state index contributed by atoms with van der Waals surface area (Å²) in [5, 5.41) is 0. The van der Waals surface area contributed by atoms with Crippen LogP contribution in [-0.4, -0.2) is 5.97 Å². The number of para-hydroxylation sites is 1. The van der Waals surface area contributed by atoms with Crippen LogP contribution in [0, 0.1) is 5.92 Å². The van der Waals surface area contributed by atoms with Gasteiger partial charge >= 0.3 is 5.97 Å². The minimum Gasteiger partial charge on any atom is -0.423 e. The Morgan fingerprint density at radius 1 is 1.05 bits per heavy atom. The standard InChI is InChI=1S/C18H20O2/c1-3-14(2)13-16-11-7-8-12-17(16)20-18(19)15-9-5-4-6-10-15/h4-12,14H,3,13H2,1-2H3. The molecule has 0 heterocycles. The van der Waals surface area contributed by atoms with Gasteiger partial charge in [0, 0.05) is 0 Å². The van der Waals surface area contributed by atoms with Crippen molar-refractivity contribution < 1.29 is 9.53 Å². The van der Waals surface area contributed by atoms with E-state index >= 15 is 0 Å². The first-order valence-electron chi connectivity index (χ1n) is 7.05. The second kappa shape index (κ2) is 6.90. The molecule has 0 saturated carbocycles. The summed E-state index contributed by atoms with van der Waals surface area (Å²) in [4.78, 5) is 12.1. The van der Waals surface area contributed by atoms with Crippen molar-refractivity contribution in [1.82, 2.24) is 0 Å². The van der Waals surface area contributed by atoms with Gasteiger partial charge in [0.05, 0.1) is 5.56 Å². The number of carbonyl (C=O) groups is 1. The first-order valence-corrected chi connectivity index (χ1v) is 7.05. The van der Waals surface area contributed by atoms with Crippen LogP contribution in [0.15, 0.2) is 54.6 Å². The Kier molecular flexibility index (Phi) is 4.94. The Morgan fingerprint density at radius 3 is 2.40 bits per heavy atom. The fourth-order valence-corrected chi connectivity index (χ4v) is 2.02. The first-order chi connectivity index (χ1) is 9.70. The van der Waals surface area contributed by atoms with Gasteiger partial charge in [-0.2, -0.15) is 0 Å². The fraction of sp³-hybridized carbons (Fsp3) is 0.278. The minimum atomic E-state index is -0.304. The van der Waals surface area contributed by atoms with Crippen LogP contribution in [0.25, 0.3) is 0 Å². The highest BCUT2D eigenvalue weighted by molar-refractivity contribution is 5.91. The van der Waals surface area contributed by atoms with Crippen molar-refractivity contribution in [1.29, 1.82) is 0 Å². The average Bonchev–Trinajstić information content (AvgIpc) is 2.50. The van der Waals surface area contributed by atoms with Crippen LogP contribution >= 0.6 is 0 Å². The zero-order valence-corrected chi connectivity index (χ0v) is 12.0. The van der Waals surface area contributed by atoms with Crippen molar-refractivity contribution in [2.75, 3.05) is 0 Å². The smallest absolute Gasteiger partial charge is 0.343 e. The van der Waals surface area contributed by atoms with Crippen LogP contribution in [0.1, 0.15) is 36.2 Å². The molecule has 104 valence electrons. The topological polar surface area (TPSA) is 26.3 Å². The summed E-state index contributed by atoms with van der Waals surface area (Å²) < 4.78 is 5.54. The van der Waals surface area contributed by atoms with Gasteiger partial charge in [-0.15, -0.1) is 0 Å². The van der Waals surface area contributed by atoms with Gasteiger partial charge in [0.1, 0.15) is 5.75 Å². The Hall–Kier alpha value is -2.09. The molecule has 0 bridgehead atoms. The lowest BCUT2D eigenvalue weighted by Gasteiger charge is -2.13. The Balaban J connectivity index is 2.15. The van der Waals surface area contributed by atoms with E-state index in [-0.39, 0.29) is 5.97 Å². The lowest BCUT2D eigenvalue weighted by Crippen LogP contribution is -2.10. The molecule has 0 amide bonds. The molecule has 0 N–H and O–H groups in total. The lowest BCUT2D eigenvalue weighted by atomic mass is 9.98. The van der Waals surface area contributed by atoms with Gasteiger partial charge < -0.3 is 4.74 Å². The van der Waals surface area contributed by atoms with Gasteiger partial charge in [-0.1, -0.05) is 56.7 Å². The molecule has 0 aliphatic rings. The molecule has 2 nitrogen and oxygen atoms in total. The summed E-state index contributed by atoms with van der Waals surface area (Å²) in [6.07, 6.45) is 2.04. The van der Waals surface area contributed by atoms with Crippen LogP contribution in [-0.2, 0) is 6.42 Å². The van der Waals surface area contributed by atoms with E-state index in [1.165, 1.54) is 0 Å². The molecule has 2 aromatic carbocycles. The largest absolute Gasteiger partial charge is 0.423 e. The number of esters is 1. The molecule has 0 aromatic heterocycles. The number of ether oxygens (including phenoxy) is 1. The molecule has 0 aliphatic heterocycles. The normalized spacial score (nSPS) is 11.9. The van der Waals surface area contributed by atoms with Crippen LogP contribution in [0.4, 0.5) is 0 Å². The van der Waals surface area contributed by atoms with E-state index in [2.05, 4.69) is 13.8 Å². The van der Waals surface area contributed by atoms with E-state index < -0.39 is 0 Å². The van der Waals surface area contributed by atoms with Crippen LogP contribution in [0.3, 0.4) is 0 Å². The molecule has 20 heavy (non-hydrogen) atoms. The molecule has 1 unspecified atom stereocenters. The summed E-state index contributed by atoms with van der Waals surface area (Å²) in [5.41, 5.74) is 1.66. The predicted molar refractivity (Wildman–Crippen MR) is 81.0 cm³/mol. The summed E-state index contributed by atoms with van der Waals surface area (Å²) in [5.74, 6) is 0.940. The first kappa shape index (κ1) is 14.3. The third kappa shape index (κ3) is 3.70. The molecular weight excluding hydrogens is 248 g/mol. The highest BCUT2D eigenvalue weighted by Crippen LogP contribution is 2.23. The van der Waals surface area contributed by atoms with Crippen molar-refractivity contribution in [3.05, 3.63) is 65.7 Å². The molecule has 2 aromatic rings. The lowest BCUT2D eigenvalue weighted by molar-refractivity contribution is 0.0733. The van der Waals surface area contributed by atoms with E-state index in [0.717, 1.165) is 18.4 Å². The monoisotopic (exact) mass is 268 g/mol. The summed E-state index contributed by atoms with van der Waals surface area (Å²) in [7, 11) is 0. The van der Waals surface area contributed by atoms with Gasteiger partial charge in [0.15, 0.2) is 0 Å². The Labute approximate surface area is 120 Å². The second-order valence-electron chi connectivity index (χ2n) is 5.08. The van der Waals surface area contributed by atoms with E-state index in [9.17, 15) is 4.79 Å². The highest BCUT2D eigenvalue weighted by Gasteiger charge is 2.12. The molecule has 2 heteroatoms. The van der Waals surface area contributed by atoms with E-state index in [0.29, 0.717) is 17.2 Å². The van der Waals surface area contributed by atoms with Crippen molar-refractivity contribution in [2.24, 2.45) is 5.92 Å². The highest BCUT2D eigenvalue weighted by atomic mass is 16.5. The van der Waals surface area contributed by atoms with Crippen LogP contribution < -0.4 is 4.74 Å². The summed E-state index contributed by atoms with van der Waals surface area (Å²) in [6.45, 7) is 4.37. The van der Waals surface area contributed by atoms with Gasteiger partial charge in [-0.05, 0) is 36.1 Å². The third-order valence-electron chi connectivity index (χ3n) is 3.45. The van der Waals surface area contributed by atoms with Crippen molar-refractivity contribution in [2.45, 2.75) is 26.7 Å². The number of hydrogen-bond donors (Lipinski definition) is 0. The van der Waals surface area contributed by atoms with Gasteiger partial charge in [-0.3, -0.25) is 0 Å². The number of carbonyl (C=O) groups excluding carboxylic acids is 1. The molecule has 0 saturated heterocycles. The van der Waals surface area contributed by atoms with Crippen molar-refractivity contribution >= 4 is 5.97 Å². The van der Waals surface area contributed by atoms with E-state index in [1.807, 2.05) is 42.5 Å². The summed E-state index contributed by atoms with van der Waals surface area (Å²) in [6, 6.07) is 16.8. The molecule has 0 radical (unpaired) electrons. The maximum Gasteiger partial charge on any atom is 0.343 e. The third-order valence-corrected chi connectivity index (χ3v) is 3.45.